The molecule has 3 atom stereocenters. The van der Waals surface area contributed by atoms with Crippen molar-refractivity contribution in [3.8, 4) is 0 Å². The molecule has 2 rings (SSSR count). The molecule has 3 unspecified atom stereocenters. The van der Waals surface area contributed by atoms with Gasteiger partial charge in [-0.2, -0.15) is 0 Å². The summed E-state index contributed by atoms with van der Waals surface area (Å²) in [4.78, 5) is 15.1. The summed E-state index contributed by atoms with van der Waals surface area (Å²) in [5, 5.41) is 0. The first-order chi connectivity index (χ1) is 8.20. The summed E-state index contributed by atoms with van der Waals surface area (Å²) >= 11 is 0. The standard InChI is InChI=1S/C13H12FNO2/c1-3-17-13(16)10-11(14)8-6-4-5-7-9(8)12(10)15-2/h4-7,10-12H,3H2,1H3. The van der Waals surface area contributed by atoms with Crippen LogP contribution in [0.1, 0.15) is 30.3 Å². The maximum Gasteiger partial charge on any atom is 0.320 e. The van der Waals surface area contributed by atoms with E-state index in [0.717, 1.165) is 0 Å². The van der Waals surface area contributed by atoms with Crippen molar-refractivity contribution < 1.29 is 13.9 Å². The zero-order valence-corrected chi connectivity index (χ0v) is 9.39. The van der Waals surface area contributed by atoms with Gasteiger partial charge in [0, 0.05) is 5.56 Å². The average Bonchev–Trinajstić information content (AvgIpc) is 2.63. The molecule has 1 aromatic carbocycles. The Morgan fingerprint density at radius 3 is 2.71 bits per heavy atom. The van der Waals surface area contributed by atoms with Crippen molar-refractivity contribution in [2.75, 3.05) is 6.61 Å². The van der Waals surface area contributed by atoms with Crippen molar-refractivity contribution >= 4 is 5.97 Å². The van der Waals surface area contributed by atoms with E-state index in [2.05, 4.69) is 4.85 Å². The molecule has 0 aliphatic heterocycles. The van der Waals surface area contributed by atoms with Gasteiger partial charge in [-0.15, -0.1) is 0 Å². The van der Waals surface area contributed by atoms with Gasteiger partial charge in [0.2, 0.25) is 0 Å². The number of hydrogen-bond acceptors (Lipinski definition) is 2. The third-order valence-electron chi connectivity index (χ3n) is 2.97. The Labute approximate surface area is 99.0 Å². The van der Waals surface area contributed by atoms with Gasteiger partial charge < -0.3 is 9.58 Å². The zero-order chi connectivity index (χ0) is 12.4. The predicted molar refractivity (Wildman–Crippen MR) is 59.8 cm³/mol. The lowest BCUT2D eigenvalue weighted by atomic mass is 10.0. The molecule has 0 amide bonds. The number of fused-ring (bicyclic) bond motifs is 1. The molecule has 88 valence electrons. The quantitative estimate of drug-likeness (QED) is 0.581. The second-order valence-electron chi connectivity index (χ2n) is 3.88. The van der Waals surface area contributed by atoms with E-state index < -0.39 is 24.1 Å². The number of nitrogens with zero attached hydrogens (tertiary/aromatic N) is 1. The SMILES string of the molecule is [C-]#[N+]C1c2ccccc2C(F)C1C(=O)OCC. The van der Waals surface area contributed by atoms with Crippen LogP contribution in [-0.2, 0) is 9.53 Å². The summed E-state index contributed by atoms with van der Waals surface area (Å²) in [6.07, 6.45) is -1.44. The van der Waals surface area contributed by atoms with Crippen LogP contribution >= 0.6 is 0 Å². The fourth-order valence-corrected chi connectivity index (χ4v) is 2.22. The topological polar surface area (TPSA) is 30.7 Å². The number of carbonyl (C=O) groups excluding carboxylic acids is 1. The van der Waals surface area contributed by atoms with Crippen molar-refractivity contribution in [1.29, 1.82) is 0 Å². The molecule has 0 N–H and O–H groups in total. The van der Waals surface area contributed by atoms with E-state index >= 15 is 0 Å². The third-order valence-corrected chi connectivity index (χ3v) is 2.97. The summed E-state index contributed by atoms with van der Waals surface area (Å²) in [6, 6.07) is 6.01. The number of rotatable bonds is 2. The van der Waals surface area contributed by atoms with Gasteiger partial charge in [0.15, 0.2) is 5.92 Å². The number of benzene rings is 1. The normalized spacial score (nSPS) is 26.1. The Kier molecular flexibility index (Phi) is 3.10. The molecule has 1 aliphatic carbocycles. The van der Waals surface area contributed by atoms with Crippen LogP contribution in [0.5, 0.6) is 0 Å². The molecule has 0 spiro atoms. The molecule has 0 aromatic heterocycles. The zero-order valence-electron chi connectivity index (χ0n) is 9.39. The van der Waals surface area contributed by atoms with Crippen LogP contribution in [0, 0.1) is 12.5 Å². The van der Waals surface area contributed by atoms with Crippen molar-refractivity contribution in [3.05, 3.63) is 46.8 Å². The predicted octanol–water partition coefficient (Wildman–Crippen LogP) is 2.85. The Bertz CT molecular complexity index is 481. The first-order valence-corrected chi connectivity index (χ1v) is 5.46. The maximum atomic E-state index is 14.1. The lowest BCUT2D eigenvalue weighted by Gasteiger charge is -2.11. The Morgan fingerprint density at radius 2 is 2.12 bits per heavy atom. The van der Waals surface area contributed by atoms with Crippen molar-refractivity contribution in [3.63, 3.8) is 0 Å². The third kappa shape index (κ3) is 1.78. The summed E-state index contributed by atoms with van der Waals surface area (Å²) in [5.74, 6) is -1.65. The van der Waals surface area contributed by atoms with E-state index in [0.29, 0.717) is 11.1 Å². The second-order valence-corrected chi connectivity index (χ2v) is 3.88. The molecule has 17 heavy (non-hydrogen) atoms. The van der Waals surface area contributed by atoms with E-state index in [9.17, 15) is 9.18 Å². The monoisotopic (exact) mass is 233 g/mol. The summed E-state index contributed by atoms with van der Waals surface area (Å²) in [6.45, 7) is 8.99. The van der Waals surface area contributed by atoms with Gasteiger partial charge in [-0.3, -0.25) is 4.79 Å². The molecule has 1 aromatic rings. The van der Waals surface area contributed by atoms with Crippen LogP contribution in [-0.4, -0.2) is 12.6 Å². The molecule has 0 bridgehead atoms. The van der Waals surface area contributed by atoms with Crippen molar-refractivity contribution in [2.24, 2.45) is 5.92 Å². The molecule has 0 heterocycles. The minimum atomic E-state index is -1.44. The molecular weight excluding hydrogens is 221 g/mol. The van der Waals surface area contributed by atoms with Crippen LogP contribution in [0.4, 0.5) is 4.39 Å². The first-order valence-electron chi connectivity index (χ1n) is 5.46. The first kappa shape index (κ1) is 11.6. The second kappa shape index (κ2) is 4.54. The molecule has 0 saturated carbocycles. The van der Waals surface area contributed by atoms with E-state index in [4.69, 9.17) is 11.3 Å². The van der Waals surface area contributed by atoms with Gasteiger partial charge in [0.25, 0.3) is 6.04 Å². The summed E-state index contributed by atoms with van der Waals surface area (Å²) in [5.41, 5.74) is 1.04. The number of ether oxygens (including phenoxy) is 1. The number of esters is 1. The molecule has 0 radical (unpaired) electrons. The summed E-state index contributed by atoms with van der Waals surface area (Å²) in [7, 11) is 0. The van der Waals surface area contributed by atoms with Gasteiger partial charge in [-0.05, 0) is 12.5 Å². The Morgan fingerprint density at radius 1 is 1.47 bits per heavy atom. The molecule has 4 heteroatoms. The number of halogens is 1. The molecule has 1 aliphatic rings. The minimum absolute atomic E-state index is 0.198. The average molecular weight is 233 g/mol. The molecular formula is C13H12FNO2. The highest BCUT2D eigenvalue weighted by molar-refractivity contribution is 5.77. The van der Waals surface area contributed by atoms with Crippen molar-refractivity contribution in [2.45, 2.75) is 19.1 Å². The van der Waals surface area contributed by atoms with E-state index in [1.165, 1.54) is 0 Å². The van der Waals surface area contributed by atoms with Gasteiger partial charge in [-0.25, -0.2) is 11.0 Å². The molecule has 0 saturated heterocycles. The largest absolute Gasteiger partial charge is 0.465 e. The van der Waals surface area contributed by atoms with Crippen molar-refractivity contribution in [1.82, 2.24) is 0 Å². The molecule has 0 fully saturated rings. The fourth-order valence-electron chi connectivity index (χ4n) is 2.22. The highest BCUT2D eigenvalue weighted by atomic mass is 19.1. The Balaban J connectivity index is 2.39. The van der Waals surface area contributed by atoms with Crippen LogP contribution in [0.25, 0.3) is 4.85 Å². The van der Waals surface area contributed by atoms with Crippen LogP contribution < -0.4 is 0 Å². The van der Waals surface area contributed by atoms with E-state index in [-0.39, 0.29) is 6.61 Å². The summed E-state index contributed by atoms with van der Waals surface area (Å²) < 4.78 is 19.0. The minimum Gasteiger partial charge on any atom is -0.465 e. The lowest BCUT2D eigenvalue weighted by molar-refractivity contribution is -0.150. The number of carbonyl (C=O) groups is 1. The van der Waals surface area contributed by atoms with E-state index in [1.54, 1.807) is 31.2 Å². The van der Waals surface area contributed by atoms with Gasteiger partial charge in [0.05, 0.1) is 6.61 Å². The van der Waals surface area contributed by atoms with Gasteiger partial charge >= 0.3 is 5.97 Å². The van der Waals surface area contributed by atoms with Gasteiger partial charge in [0.1, 0.15) is 6.17 Å². The van der Waals surface area contributed by atoms with Crippen LogP contribution in [0.3, 0.4) is 0 Å². The van der Waals surface area contributed by atoms with Crippen LogP contribution in [0.2, 0.25) is 0 Å². The highest BCUT2D eigenvalue weighted by Gasteiger charge is 2.50. The van der Waals surface area contributed by atoms with E-state index in [1.807, 2.05) is 0 Å². The smallest absolute Gasteiger partial charge is 0.320 e. The molecule has 3 nitrogen and oxygen atoms in total. The maximum absolute atomic E-state index is 14.1. The number of hydrogen-bond donors (Lipinski definition) is 0. The fraction of sp³-hybridized carbons (Fsp3) is 0.385. The van der Waals surface area contributed by atoms with Gasteiger partial charge in [-0.1, -0.05) is 24.3 Å². The lowest BCUT2D eigenvalue weighted by Crippen LogP contribution is -2.22. The Hall–Kier alpha value is -1.89. The van der Waals surface area contributed by atoms with Crippen LogP contribution in [0.15, 0.2) is 24.3 Å². The number of alkyl halides is 1. The highest BCUT2D eigenvalue weighted by Crippen LogP contribution is 2.48.